The molecule has 3 N–H and O–H groups in total. The van der Waals surface area contributed by atoms with Gasteiger partial charge >= 0.3 is 5.69 Å². The zero-order valence-corrected chi connectivity index (χ0v) is 15.2. The summed E-state index contributed by atoms with van der Waals surface area (Å²) < 4.78 is 1.70. The summed E-state index contributed by atoms with van der Waals surface area (Å²) in [6.45, 7) is 0. The molecule has 0 aliphatic heterocycles. The summed E-state index contributed by atoms with van der Waals surface area (Å²) in [5.74, 6) is -1.13. The summed E-state index contributed by atoms with van der Waals surface area (Å²) in [7, 11) is 0. The average Bonchev–Trinajstić information content (AvgIpc) is 2.66. The number of amides is 1. The maximum absolute atomic E-state index is 12.1. The first-order chi connectivity index (χ1) is 13.0. The van der Waals surface area contributed by atoms with Crippen LogP contribution in [-0.4, -0.2) is 31.8 Å². The highest BCUT2D eigenvalue weighted by Gasteiger charge is 2.14. The summed E-state index contributed by atoms with van der Waals surface area (Å²) in [4.78, 5) is 41.9. The average molecular weight is 430 g/mol. The van der Waals surface area contributed by atoms with Crippen molar-refractivity contribution in [2.24, 2.45) is 5.10 Å². The second-order valence-electron chi connectivity index (χ2n) is 5.24. The number of hydrogen-bond donors (Lipinski definition) is 3. The van der Waals surface area contributed by atoms with Crippen LogP contribution in [0.5, 0.6) is 5.88 Å². The molecule has 9 nitrogen and oxygen atoms in total. The van der Waals surface area contributed by atoms with Crippen LogP contribution in [0.1, 0.15) is 15.9 Å². The fraction of sp³-hybridized carbons (Fsp3) is 0. The van der Waals surface area contributed by atoms with Crippen molar-refractivity contribution in [3.63, 3.8) is 0 Å². The molecule has 0 aliphatic rings. The Kier molecular flexibility index (Phi) is 5.27. The number of hydrogen-bond acceptors (Lipinski definition) is 6. The minimum atomic E-state index is -0.840. The number of rotatable bonds is 4. The second-order valence-corrected chi connectivity index (χ2v) is 6.16. The Balaban J connectivity index is 1.93. The molecule has 0 aliphatic carbocycles. The zero-order chi connectivity index (χ0) is 19.4. The SMILES string of the molecule is O=C(N/N=C\c1c(O)n(-c2ccc(Br)cc2)c(=O)[nH]c1=O)c1ccncc1. The molecular formula is C17H12BrN5O4. The molecule has 1 aromatic carbocycles. The number of H-pyrrole nitrogens is 1. The lowest BCUT2D eigenvalue weighted by atomic mass is 10.2. The number of nitrogens with zero attached hydrogens (tertiary/aromatic N) is 3. The van der Waals surface area contributed by atoms with Gasteiger partial charge in [-0.1, -0.05) is 15.9 Å². The fourth-order valence-electron chi connectivity index (χ4n) is 2.21. The van der Waals surface area contributed by atoms with Crippen LogP contribution in [0.2, 0.25) is 0 Å². The highest BCUT2D eigenvalue weighted by Crippen LogP contribution is 2.17. The van der Waals surface area contributed by atoms with Gasteiger partial charge in [0.05, 0.1) is 11.9 Å². The maximum Gasteiger partial charge on any atom is 0.335 e. The van der Waals surface area contributed by atoms with Crippen molar-refractivity contribution in [1.82, 2.24) is 20.0 Å². The topological polar surface area (TPSA) is 129 Å². The van der Waals surface area contributed by atoms with E-state index in [0.29, 0.717) is 11.3 Å². The predicted octanol–water partition coefficient (Wildman–Crippen LogP) is 1.15. The van der Waals surface area contributed by atoms with E-state index in [0.717, 1.165) is 15.3 Å². The van der Waals surface area contributed by atoms with Gasteiger partial charge in [0.1, 0.15) is 5.56 Å². The highest BCUT2D eigenvalue weighted by atomic mass is 79.9. The molecule has 3 rings (SSSR count). The molecular weight excluding hydrogens is 418 g/mol. The van der Waals surface area contributed by atoms with Gasteiger partial charge in [0, 0.05) is 22.4 Å². The van der Waals surface area contributed by atoms with E-state index in [-0.39, 0.29) is 5.56 Å². The number of aromatic amines is 1. The number of carbonyl (C=O) groups excluding carboxylic acids is 1. The van der Waals surface area contributed by atoms with Gasteiger partial charge in [-0.25, -0.2) is 14.8 Å². The molecule has 1 amide bonds. The van der Waals surface area contributed by atoms with Crippen molar-refractivity contribution in [2.45, 2.75) is 0 Å². The Morgan fingerprint density at radius 1 is 1.19 bits per heavy atom. The predicted molar refractivity (Wildman–Crippen MR) is 101 cm³/mol. The largest absolute Gasteiger partial charge is 0.493 e. The summed E-state index contributed by atoms with van der Waals surface area (Å²) in [6, 6.07) is 9.49. The number of benzene rings is 1. The molecule has 3 aromatic rings. The van der Waals surface area contributed by atoms with E-state index in [4.69, 9.17) is 0 Å². The number of aromatic hydroxyl groups is 1. The van der Waals surface area contributed by atoms with Crippen LogP contribution in [-0.2, 0) is 0 Å². The summed E-state index contributed by atoms with van der Waals surface area (Å²) in [5.41, 5.74) is 0.956. The molecule has 0 radical (unpaired) electrons. The molecule has 2 heterocycles. The molecule has 0 atom stereocenters. The maximum atomic E-state index is 12.1. The van der Waals surface area contributed by atoms with E-state index in [9.17, 15) is 19.5 Å². The monoisotopic (exact) mass is 429 g/mol. The van der Waals surface area contributed by atoms with Gasteiger partial charge in [-0.3, -0.25) is 19.6 Å². The first-order valence-corrected chi connectivity index (χ1v) is 8.34. The van der Waals surface area contributed by atoms with E-state index in [1.54, 1.807) is 24.3 Å². The van der Waals surface area contributed by atoms with Gasteiger partial charge in [-0.05, 0) is 36.4 Å². The zero-order valence-electron chi connectivity index (χ0n) is 13.6. The van der Waals surface area contributed by atoms with Crippen molar-refractivity contribution >= 4 is 28.1 Å². The quantitative estimate of drug-likeness (QED) is 0.423. The van der Waals surface area contributed by atoms with Crippen molar-refractivity contribution < 1.29 is 9.90 Å². The molecule has 0 unspecified atom stereocenters. The van der Waals surface area contributed by atoms with Crippen molar-refractivity contribution in [1.29, 1.82) is 0 Å². The second kappa shape index (κ2) is 7.79. The lowest BCUT2D eigenvalue weighted by Crippen LogP contribution is -2.31. The van der Waals surface area contributed by atoms with Gasteiger partial charge in [-0.2, -0.15) is 5.10 Å². The number of pyridine rings is 1. The van der Waals surface area contributed by atoms with Crippen LogP contribution in [0.25, 0.3) is 5.69 Å². The third kappa shape index (κ3) is 4.01. The molecule has 0 saturated carbocycles. The first kappa shape index (κ1) is 18.3. The standard InChI is InChI=1S/C17H12BrN5O4/c18-11-1-3-12(4-2-11)23-16(26)13(15(25)21-17(23)27)9-20-22-14(24)10-5-7-19-8-6-10/h1-9,26H,(H,22,24)(H,21,25,27)/b20-9-. The molecule has 27 heavy (non-hydrogen) atoms. The molecule has 0 bridgehead atoms. The Hall–Kier alpha value is -3.53. The highest BCUT2D eigenvalue weighted by molar-refractivity contribution is 9.10. The molecule has 136 valence electrons. The number of aromatic nitrogens is 3. The number of hydrazone groups is 1. The van der Waals surface area contributed by atoms with Crippen LogP contribution in [0.4, 0.5) is 0 Å². The Labute approximate surface area is 160 Å². The van der Waals surface area contributed by atoms with Gasteiger partial charge in [0.25, 0.3) is 11.5 Å². The van der Waals surface area contributed by atoms with Gasteiger partial charge in [0.2, 0.25) is 5.88 Å². The number of carbonyl (C=O) groups is 1. The third-order valence-corrected chi connectivity index (χ3v) is 4.04. The van der Waals surface area contributed by atoms with Gasteiger partial charge in [-0.15, -0.1) is 0 Å². The third-order valence-electron chi connectivity index (χ3n) is 3.51. The molecule has 2 aromatic heterocycles. The van der Waals surface area contributed by atoms with Crippen molar-refractivity contribution in [3.8, 4) is 11.6 Å². The van der Waals surface area contributed by atoms with Gasteiger partial charge in [0.15, 0.2) is 0 Å². The molecule has 0 spiro atoms. The van der Waals surface area contributed by atoms with Crippen molar-refractivity contribution in [2.75, 3.05) is 0 Å². The van der Waals surface area contributed by atoms with Crippen LogP contribution < -0.4 is 16.7 Å². The van der Waals surface area contributed by atoms with E-state index >= 15 is 0 Å². The minimum Gasteiger partial charge on any atom is -0.493 e. The van der Waals surface area contributed by atoms with Crippen LogP contribution in [0, 0.1) is 0 Å². The Bertz CT molecular complexity index is 1120. The lowest BCUT2D eigenvalue weighted by molar-refractivity contribution is 0.0955. The summed E-state index contributed by atoms with van der Waals surface area (Å²) in [6.07, 6.45) is 3.86. The van der Waals surface area contributed by atoms with E-state index in [1.165, 1.54) is 24.5 Å². The molecule has 10 heteroatoms. The van der Waals surface area contributed by atoms with E-state index < -0.39 is 23.0 Å². The minimum absolute atomic E-state index is 0.285. The van der Waals surface area contributed by atoms with Crippen LogP contribution in [0.3, 0.4) is 0 Å². The first-order valence-electron chi connectivity index (χ1n) is 7.55. The lowest BCUT2D eigenvalue weighted by Gasteiger charge is -2.09. The Morgan fingerprint density at radius 3 is 2.52 bits per heavy atom. The normalized spacial score (nSPS) is 10.9. The smallest absolute Gasteiger partial charge is 0.335 e. The number of nitrogens with one attached hydrogen (secondary N) is 2. The molecule has 0 fully saturated rings. The van der Waals surface area contributed by atoms with Gasteiger partial charge < -0.3 is 5.11 Å². The Morgan fingerprint density at radius 2 is 1.85 bits per heavy atom. The summed E-state index contributed by atoms with van der Waals surface area (Å²) in [5, 5.41) is 14.0. The summed E-state index contributed by atoms with van der Waals surface area (Å²) >= 11 is 3.28. The van der Waals surface area contributed by atoms with Crippen molar-refractivity contribution in [3.05, 3.63) is 85.2 Å². The van der Waals surface area contributed by atoms with Crippen LogP contribution in [0.15, 0.2) is 68.0 Å². The number of halogens is 1. The van der Waals surface area contributed by atoms with E-state index in [1.807, 2.05) is 0 Å². The van der Waals surface area contributed by atoms with Crippen LogP contribution >= 0.6 is 15.9 Å². The fourth-order valence-corrected chi connectivity index (χ4v) is 2.47. The molecule has 0 saturated heterocycles. The van der Waals surface area contributed by atoms with E-state index in [2.05, 4.69) is 36.4 Å².